The summed E-state index contributed by atoms with van der Waals surface area (Å²) in [6.07, 6.45) is -0.225. The molecule has 0 heterocycles. The quantitative estimate of drug-likeness (QED) is 0.0273. The van der Waals surface area contributed by atoms with Crippen molar-refractivity contribution in [2.45, 2.75) is 107 Å². The van der Waals surface area contributed by atoms with Gasteiger partial charge in [0.1, 0.15) is 5.25 Å². The Kier molecular flexibility index (Phi) is 60.4. The molecule has 0 aliphatic rings. The number of rotatable bonds is 31. The van der Waals surface area contributed by atoms with Crippen LogP contribution in [0.5, 0.6) is 0 Å². The molecule has 0 saturated carbocycles. The van der Waals surface area contributed by atoms with E-state index in [4.69, 9.17) is 69.1 Å². The van der Waals surface area contributed by atoms with Gasteiger partial charge in [-0.15, -0.1) is 11.6 Å². The fraction of sp³-hybridized carbons (Fsp3) is 0.946. The third-order valence-corrected chi connectivity index (χ3v) is 22.5. The third kappa shape index (κ3) is 58.4. The minimum Gasteiger partial charge on any atom is -0.466 e. The number of alkyl halides is 1. The van der Waals surface area contributed by atoms with Crippen LogP contribution in [-0.4, -0.2) is 152 Å². The van der Waals surface area contributed by atoms with Gasteiger partial charge in [0.2, 0.25) is 5.69 Å². The lowest BCUT2D eigenvalue weighted by atomic mass is 10.3. The first-order valence-electron chi connectivity index (χ1n) is 21.1. The lowest BCUT2D eigenvalue weighted by molar-refractivity contribution is -0.149. The Morgan fingerprint density at radius 1 is 0.561 bits per heavy atom. The van der Waals surface area contributed by atoms with Crippen LogP contribution in [0, 0.1) is 0 Å². The van der Waals surface area contributed by atoms with E-state index in [1.54, 1.807) is 27.7 Å². The van der Waals surface area contributed by atoms with Gasteiger partial charge in [0, 0.05) is 71.6 Å². The fourth-order valence-electron chi connectivity index (χ4n) is 3.44. The molecule has 0 aliphatic carbocycles. The Balaban J connectivity index is -0.000000171. The molecule has 1 atom stereocenters. The van der Waals surface area contributed by atoms with E-state index in [-0.39, 0.29) is 31.8 Å². The molecule has 404 valence electrons. The van der Waals surface area contributed by atoms with Crippen molar-refractivity contribution in [3.05, 3.63) is 0 Å². The largest absolute Gasteiger partial charge is 0.466 e. The maximum atomic E-state index is 11.9. The zero-order chi connectivity index (χ0) is 52.9. The van der Waals surface area contributed by atoms with Gasteiger partial charge in [-0.05, 0) is 104 Å². The van der Waals surface area contributed by atoms with E-state index in [2.05, 4.69) is 22.9 Å². The van der Waals surface area contributed by atoms with E-state index >= 15 is 0 Å². The van der Waals surface area contributed by atoms with Gasteiger partial charge in [-0.2, -0.15) is 23.5 Å². The van der Waals surface area contributed by atoms with Crippen molar-refractivity contribution >= 4 is 117 Å². The summed E-state index contributed by atoms with van der Waals surface area (Å²) < 4.78 is 104. The van der Waals surface area contributed by atoms with Crippen LogP contribution in [0.4, 0.5) is 0 Å². The van der Waals surface area contributed by atoms with E-state index in [0.717, 1.165) is 40.3 Å². The zero-order valence-corrected chi connectivity index (χ0v) is 52.2. The molecule has 29 heteroatoms. The minimum atomic E-state index is -2.86. The minimum absolute atomic E-state index is 0.0513. The van der Waals surface area contributed by atoms with Gasteiger partial charge in [0.25, 0.3) is 0 Å². The Hall–Kier alpha value is 1.80. The molecule has 0 aromatic heterocycles. The van der Waals surface area contributed by atoms with Gasteiger partial charge in [-0.3, -0.25) is 23.3 Å². The highest BCUT2D eigenvalue weighted by Crippen LogP contribution is 2.62. The molecule has 0 aromatic carbocycles. The van der Waals surface area contributed by atoms with Crippen molar-refractivity contribution in [2.75, 3.05) is 123 Å². The van der Waals surface area contributed by atoms with Crippen LogP contribution in [0.2, 0.25) is 0 Å². The molecule has 0 spiro atoms. The van der Waals surface area contributed by atoms with Crippen LogP contribution < -0.4 is 0 Å². The Morgan fingerprint density at radius 3 is 1.26 bits per heavy atom. The molecule has 66 heavy (non-hydrogen) atoms. The van der Waals surface area contributed by atoms with E-state index in [0.29, 0.717) is 26.4 Å². The number of carbonyl (C=O) groups is 2. The topological polar surface area (TPSA) is 213 Å². The predicted octanol–water partition coefficient (Wildman–Crippen LogP) is 13.4. The number of thioether (sulfide) groups is 2. The first kappa shape index (κ1) is 79.2. The molecule has 0 aliphatic heterocycles. The molecule has 0 rings (SSSR count). The van der Waals surface area contributed by atoms with E-state index < -0.39 is 52.5 Å². The highest BCUT2D eigenvalue weighted by Gasteiger charge is 2.32. The molecule has 0 saturated heterocycles. The smallest absolute Gasteiger partial charge is 0.389 e. The Morgan fingerprint density at radius 2 is 0.970 bits per heavy atom. The first-order valence-corrected chi connectivity index (χ1v) is 37.1. The Bertz CT molecular complexity index is 1340. The van der Waals surface area contributed by atoms with Gasteiger partial charge < -0.3 is 54.7 Å². The average molecular weight is 1170 g/mol. The van der Waals surface area contributed by atoms with Crippen molar-refractivity contribution < 1.29 is 82.6 Å². The summed E-state index contributed by atoms with van der Waals surface area (Å²) in [6.45, 7) is 25.9. The van der Waals surface area contributed by atoms with E-state index in [9.17, 15) is 27.8 Å². The molecular formula is C37H86ClO18P5S5. The molecule has 0 amide bonds. The predicted molar refractivity (Wildman–Crippen MR) is 288 cm³/mol. The average Bonchev–Trinajstić information content (AvgIpc) is 3.22. The van der Waals surface area contributed by atoms with E-state index in [1.807, 2.05) is 65.1 Å². The lowest BCUT2D eigenvalue weighted by Gasteiger charge is -2.21. The summed E-state index contributed by atoms with van der Waals surface area (Å²) in [5.41, 5.74) is -2.65. The van der Waals surface area contributed by atoms with Gasteiger partial charge >= 0.3 is 41.5 Å². The number of ether oxygens (including phenoxy) is 2. The highest BCUT2D eigenvalue weighted by atomic mass is 35.5. The number of halogens is 1. The molecule has 1 unspecified atom stereocenters. The maximum Gasteiger partial charge on any atom is 0.389 e. The van der Waals surface area contributed by atoms with Crippen LogP contribution >= 0.6 is 93.2 Å². The number of hydrogen-bond donors (Lipinski definition) is 0. The molecule has 18 nitrogen and oxygen atoms in total. The zero-order valence-electron chi connectivity index (χ0n) is 42.9. The number of esters is 2. The normalized spacial score (nSPS) is 12.1. The van der Waals surface area contributed by atoms with Crippen LogP contribution in [0.15, 0.2) is 0 Å². The van der Waals surface area contributed by atoms with Gasteiger partial charge in [0.05, 0.1) is 58.3 Å². The molecule has 0 aromatic rings. The monoisotopic (exact) mass is 1170 g/mol. The fourth-order valence-corrected chi connectivity index (χ4v) is 15.3. The van der Waals surface area contributed by atoms with Crippen molar-refractivity contribution in [3.63, 3.8) is 0 Å². The summed E-state index contributed by atoms with van der Waals surface area (Å²) in [5.74, 6) is 4.96. The summed E-state index contributed by atoms with van der Waals surface area (Å²) in [4.78, 5) is 23.3. The molecule has 0 fully saturated rings. The van der Waals surface area contributed by atoms with E-state index in [1.165, 1.54) is 65.6 Å². The number of carbonyl (C=O) groups excluding carboxylic acids is 2. The number of hydrogen-bond acceptors (Lipinski definition) is 23. The second-order valence-electron chi connectivity index (χ2n) is 12.2. The third-order valence-electron chi connectivity index (χ3n) is 5.79. The van der Waals surface area contributed by atoms with Crippen LogP contribution in [0.25, 0.3) is 0 Å². The maximum absolute atomic E-state index is 11.9. The summed E-state index contributed by atoms with van der Waals surface area (Å²) in [5, 5.41) is -0.787. The van der Waals surface area contributed by atoms with Crippen LogP contribution in [-0.2, 0) is 94.4 Å². The second-order valence-corrected chi connectivity index (χ2v) is 32.5. The van der Waals surface area contributed by atoms with Crippen molar-refractivity contribution in [3.8, 4) is 0 Å². The summed E-state index contributed by atoms with van der Waals surface area (Å²) >= 11 is 16.5. The van der Waals surface area contributed by atoms with Crippen LogP contribution in [0.3, 0.4) is 0 Å². The highest BCUT2D eigenvalue weighted by molar-refractivity contribution is 8.68. The summed E-state index contributed by atoms with van der Waals surface area (Å²) in [7, 11) is -2.64. The Labute approximate surface area is 426 Å². The van der Waals surface area contributed by atoms with Gasteiger partial charge in [-0.1, -0.05) is 25.2 Å². The first-order chi connectivity index (χ1) is 30.6. The van der Waals surface area contributed by atoms with Crippen molar-refractivity contribution in [1.29, 1.82) is 0 Å². The van der Waals surface area contributed by atoms with Crippen LogP contribution in [0.1, 0.15) is 89.5 Å². The van der Waals surface area contributed by atoms with Gasteiger partial charge in [0.15, 0.2) is 0 Å². The standard InChI is InChI=1S/C10H19O6PS2.C8H19O3PS2.C7H17O3P.C5H13O3P.C4H9ClS.C3H9O3P/c1-5-15-9(11)7-8(10(12)16-6-2)19-17(18,13-3)14-4;1-4-10-12(9,11-5-2)14-8-7-13-6-3;1-6(2)9-11(5,8)10-7(3)4;1-4-7-9(3,6)8-5-2;1-2-6-4-3-5;1-5-7(3,4)6-2/h8H,5-7H2,1-4H3;4-8H2,1-3H3;6-7H,1-5H3;4-5H2,1-3H3;2-4H2,1H3;1-3H3. The SMILES string of the molecule is CC(C)OP(C)(=O)OC(C)C.CCOC(=O)CC(SP(=S)(OC)OC)C(=O)OCC.CCOP(=O)(OCC)SCCSCC.CCOP(C)(=O)OCC.CCSCCCl.COP(C)(=O)OC. The lowest BCUT2D eigenvalue weighted by Crippen LogP contribution is -2.24. The molecule has 0 bridgehead atoms. The molecular weight excluding hydrogens is 1080 g/mol. The summed E-state index contributed by atoms with van der Waals surface area (Å²) in [6, 6.07) is 0. The second kappa shape index (κ2) is 50.3. The van der Waals surface area contributed by atoms with Crippen molar-refractivity contribution in [1.82, 2.24) is 0 Å². The molecule has 0 N–H and O–H groups in total. The van der Waals surface area contributed by atoms with Gasteiger partial charge in [-0.25, -0.2) is 4.57 Å². The molecule has 0 radical (unpaired) electrons. The van der Waals surface area contributed by atoms with Crippen molar-refractivity contribution in [2.24, 2.45) is 0 Å².